The molecule has 13 rings (SSSR count). The van der Waals surface area contributed by atoms with Gasteiger partial charge < -0.3 is 8.68 Å². The van der Waals surface area contributed by atoms with E-state index in [2.05, 4.69) is 215 Å². The monoisotopic (exact) mass is 760 g/mol. The molecule has 0 spiro atoms. The van der Waals surface area contributed by atoms with Gasteiger partial charge in [-0.25, -0.2) is 0 Å². The van der Waals surface area contributed by atoms with Gasteiger partial charge in [-0.15, -0.1) is 0 Å². The van der Waals surface area contributed by atoms with Gasteiger partial charge in [-0.2, -0.15) is 0 Å². The van der Waals surface area contributed by atoms with E-state index in [0.717, 1.165) is 0 Å². The SMILES string of the molecule is c1ccc2c(c1)-c1ccccc1C2(c1cn(-p2c3ccccc3c3ccccc32)c2ccccc12)c1cn(-p2c3ccccc3c3ccccc32)c2ccccc12. The standard InChI is InChI=1S/C53H34N2P2/c1-9-25-43-35(17-1)36-18-2-10-26-44(36)53(43,45-33-54(47-27-11-3-23-41(45)47)56-49-29-13-5-19-37(49)38-20-6-14-30-50(38)56)46-34-55(48-28-12-4-24-42(46)48)57-51-31-15-7-21-39(51)40-22-8-16-32-52(40)57/h1-34H. The molecular weight excluding hydrogens is 727 g/mol. The van der Waals surface area contributed by atoms with E-state index < -0.39 is 20.8 Å². The molecule has 0 unspecified atom stereocenters. The van der Waals surface area contributed by atoms with Crippen molar-refractivity contribution >= 4 is 79.2 Å². The number of nitrogens with zero attached hydrogens (tertiary/aromatic N) is 2. The Labute approximate surface area is 331 Å². The molecule has 57 heavy (non-hydrogen) atoms. The third-order valence-corrected chi connectivity index (χ3v) is 17.6. The van der Waals surface area contributed by atoms with Gasteiger partial charge in [-0.05, 0) is 107 Å². The van der Waals surface area contributed by atoms with Crippen molar-refractivity contribution in [1.82, 2.24) is 8.68 Å². The van der Waals surface area contributed by atoms with Crippen LogP contribution in [-0.4, -0.2) is 8.68 Å². The molecule has 0 saturated carbocycles. The van der Waals surface area contributed by atoms with Crippen LogP contribution >= 0.6 is 15.4 Å². The summed E-state index contributed by atoms with van der Waals surface area (Å²) in [6.45, 7) is 0. The zero-order valence-electron chi connectivity index (χ0n) is 30.9. The zero-order valence-corrected chi connectivity index (χ0v) is 32.7. The Morgan fingerprint density at radius 2 is 0.579 bits per heavy atom. The molecule has 1 aliphatic rings. The molecule has 4 heterocycles. The third kappa shape index (κ3) is 4.07. The summed E-state index contributed by atoms with van der Waals surface area (Å²) in [6, 6.07) is 73.1. The fraction of sp³-hybridized carbons (Fsp3) is 0.0189. The number of rotatable bonds is 4. The van der Waals surface area contributed by atoms with Gasteiger partial charge in [0.15, 0.2) is 0 Å². The second-order valence-corrected chi connectivity index (χ2v) is 19.4. The normalized spacial score (nSPS) is 13.4. The maximum Gasteiger partial charge on any atom is 0.0755 e. The maximum atomic E-state index is 2.66. The van der Waals surface area contributed by atoms with E-state index in [-0.39, 0.29) is 0 Å². The van der Waals surface area contributed by atoms with Crippen LogP contribution < -0.4 is 0 Å². The molecule has 0 aliphatic heterocycles. The average molecular weight is 761 g/mol. The van der Waals surface area contributed by atoms with E-state index in [9.17, 15) is 0 Å². The summed E-state index contributed by atoms with van der Waals surface area (Å²) >= 11 is 0. The summed E-state index contributed by atoms with van der Waals surface area (Å²) in [5.41, 5.74) is 9.94. The van der Waals surface area contributed by atoms with Crippen LogP contribution in [0.3, 0.4) is 0 Å². The molecule has 0 atom stereocenters. The minimum atomic E-state index is -0.871. The molecule has 0 radical (unpaired) electrons. The largest absolute Gasteiger partial charge is 0.302 e. The van der Waals surface area contributed by atoms with Gasteiger partial charge in [0.05, 0.1) is 16.4 Å². The Hall–Kier alpha value is -6.56. The van der Waals surface area contributed by atoms with Crippen LogP contribution in [0.25, 0.3) is 74.9 Å². The van der Waals surface area contributed by atoms with E-state index in [1.54, 1.807) is 0 Å². The number of para-hydroxylation sites is 2. The van der Waals surface area contributed by atoms with E-state index in [1.165, 1.54) is 97.2 Å². The molecule has 0 N–H and O–H groups in total. The first-order valence-corrected chi connectivity index (χ1v) is 22.3. The molecular formula is C53H34N2P2. The molecule has 8 aromatic carbocycles. The molecule has 0 bridgehead atoms. The fourth-order valence-electron chi connectivity index (χ4n) is 10.5. The molecule has 0 saturated heterocycles. The average Bonchev–Trinajstić information content (AvgIpc) is 4.08. The minimum Gasteiger partial charge on any atom is -0.302 e. The molecule has 4 heteroatoms. The third-order valence-electron chi connectivity index (χ3n) is 12.7. The molecule has 266 valence electrons. The lowest BCUT2D eigenvalue weighted by Gasteiger charge is -2.32. The highest BCUT2D eigenvalue weighted by atomic mass is 31.1. The summed E-state index contributed by atoms with van der Waals surface area (Å²) in [6.07, 6.45) is 5.12. The van der Waals surface area contributed by atoms with Crippen LogP contribution in [0.2, 0.25) is 0 Å². The first kappa shape index (κ1) is 31.6. The predicted octanol–water partition coefficient (Wildman–Crippen LogP) is 15.2. The highest BCUT2D eigenvalue weighted by Crippen LogP contribution is 2.62. The van der Waals surface area contributed by atoms with Crippen molar-refractivity contribution in [3.63, 3.8) is 0 Å². The van der Waals surface area contributed by atoms with Crippen LogP contribution in [0.5, 0.6) is 0 Å². The highest BCUT2D eigenvalue weighted by Gasteiger charge is 2.49. The number of benzene rings is 8. The second-order valence-electron chi connectivity index (χ2n) is 15.3. The van der Waals surface area contributed by atoms with Crippen molar-refractivity contribution in [1.29, 1.82) is 0 Å². The zero-order chi connectivity index (χ0) is 37.2. The van der Waals surface area contributed by atoms with Gasteiger partial charge in [0.1, 0.15) is 0 Å². The van der Waals surface area contributed by atoms with Crippen molar-refractivity contribution in [3.8, 4) is 11.1 Å². The summed E-state index contributed by atoms with van der Waals surface area (Å²) in [7, 11) is -1.74. The smallest absolute Gasteiger partial charge is 0.0755 e. The van der Waals surface area contributed by atoms with E-state index in [0.29, 0.717) is 0 Å². The topological polar surface area (TPSA) is 9.86 Å². The fourth-order valence-corrected chi connectivity index (χ4v) is 15.8. The number of aromatic nitrogens is 2. The van der Waals surface area contributed by atoms with Crippen LogP contribution in [0.15, 0.2) is 207 Å². The van der Waals surface area contributed by atoms with Crippen molar-refractivity contribution < 1.29 is 0 Å². The number of hydrogen-bond acceptors (Lipinski definition) is 0. The van der Waals surface area contributed by atoms with Crippen LogP contribution in [0.1, 0.15) is 22.3 Å². The van der Waals surface area contributed by atoms with Gasteiger partial charge >= 0.3 is 0 Å². The number of hydrogen-bond donors (Lipinski definition) is 0. The first-order chi connectivity index (χ1) is 28.3. The molecule has 0 fully saturated rings. The van der Waals surface area contributed by atoms with Crippen molar-refractivity contribution in [3.05, 3.63) is 229 Å². The van der Waals surface area contributed by atoms with Crippen molar-refractivity contribution in [2.45, 2.75) is 5.41 Å². The predicted molar refractivity (Wildman–Crippen MR) is 245 cm³/mol. The molecule has 4 aromatic heterocycles. The lowest BCUT2D eigenvalue weighted by molar-refractivity contribution is 0.781. The highest BCUT2D eigenvalue weighted by molar-refractivity contribution is 7.60. The summed E-state index contributed by atoms with van der Waals surface area (Å²) < 4.78 is 5.31. The molecule has 0 amide bonds. The Balaban J connectivity index is 1.22. The van der Waals surface area contributed by atoms with Gasteiger partial charge in [0, 0.05) is 43.6 Å². The molecule has 2 nitrogen and oxygen atoms in total. The van der Waals surface area contributed by atoms with Crippen LogP contribution in [-0.2, 0) is 5.41 Å². The van der Waals surface area contributed by atoms with Gasteiger partial charge in [0.2, 0.25) is 0 Å². The van der Waals surface area contributed by atoms with E-state index >= 15 is 0 Å². The van der Waals surface area contributed by atoms with E-state index in [1.807, 2.05) is 0 Å². The van der Waals surface area contributed by atoms with Gasteiger partial charge in [-0.1, -0.05) is 158 Å². The Morgan fingerprint density at radius 3 is 0.965 bits per heavy atom. The second kappa shape index (κ2) is 11.7. The Morgan fingerprint density at radius 1 is 0.281 bits per heavy atom. The number of fused-ring (bicyclic) bond motifs is 11. The summed E-state index contributed by atoms with van der Waals surface area (Å²) in [5.74, 6) is 0. The Bertz CT molecular complexity index is 3260. The van der Waals surface area contributed by atoms with E-state index in [4.69, 9.17) is 0 Å². The van der Waals surface area contributed by atoms with Crippen LogP contribution in [0, 0.1) is 0 Å². The van der Waals surface area contributed by atoms with Crippen LogP contribution in [0.4, 0.5) is 0 Å². The van der Waals surface area contributed by atoms with Crippen molar-refractivity contribution in [2.75, 3.05) is 0 Å². The quantitative estimate of drug-likeness (QED) is 0.169. The lowest BCUT2D eigenvalue weighted by atomic mass is 9.67. The summed E-state index contributed by atoms with van der Waals surface area (Å²) in [5, 5.41) is 13.7. The van der Waals surface area contributed by atoms with Gasteiger partial charge in [0.25, 0.3) is 0 Å². The molecule has 12 aromatic rings. The molecule has 1 aliphatic carbocycles. The summed E-state index contributed by atoms with van der Waals surface area (Å²) in [4.78, 5) is 0. The lowest BCUT2D eigenvalue weighted by Crippen LogP contribution is -2.28. The minimum absolute atomic E-state index is 0.592. The first-order valence-electron chi connectivity index (χ1n) is 19.7. The maximum absolute atomic E-state index is 2.66. The van der Waals surface area contributed by atoms with Gasteiger partial charge in [-0.3, -0.25) is 0 Å². The van der Waals surface area contributed by atoms with Crippen molar-refractivity contribution in [2.24, 2.45) is 0 Å². The Kier molecular flexibility index (Phi) is 6.51.